The predicted molar refractivity (Wildman–Crippen MR) is 90.8 cm³/mol. The molecule has 0 saturated heterocycles. The van der Waals surface area contributed by atoms with Gasteiger partial charge in [0.2, 0.25) is 6.79 Å². The molecule has 0 aliphatic carbocycles. The lowest BCUT2D eigenvalue weighted by atomic mass is 9.91. The van der Waals surface area contributed by atoms with Gasteiger partial charge in [-0.1, -0.05) is 13.0 Å². The minimum absolute atomic E-state index is 0.0980. The quantitative estimate of drug-likeness (QED) is 0.801. The molecule has 1 atom stereocenters. The van der Waals surface area contributed by atoms with Crippen LogP contribution < -0.4 is 23.7 Å². The topological polar surface area (TPSA) is 46.2 Å². The summed E-state index contributed by atoms with van der Waals surface area (Å²) in [6, 6.07) is 9.83. The normalized spacial score (nSPS) is 13.5. The van der Waals surface area contributed by atoms with Gasteiger partial charge in [0.15, 0.2) is 23.0 Å². The highest BCUT2D eigenvalue weighted by Gasteiger charge is 2.22. The Kier molecular flexibility index (Phi) is 4.69. The van der Waals surface area contributed by atoms with E-state index in [1.54, 1.807) is 14.2 Å². The number of ether oxygens (including phenoxy) is 5. The van der Waals surface area contributed by atoms with Crippen LogP contribution in [0.3, 0.4) is 0 Å². The van der Waals surface area contributed by atoms with Crippen LogP contribution in [0.4, 0.5) is 0 Å². The molecule has 128 valence electrons. The zero-order chi connectivity index (χ0) is 17.1. The van der Waals surface area contributed by atoms with E-state index >= 15 is 0 Å². The van der Waals surface area contributed by atoms with Crippen molar-refractivity contribution >= 4 is 0 Å². The molecule has 24 heavy (non-hydrogen) atoms. The third-order valence-corrected chi connectivity index (χ3v) is 4.18. The summed E-state index contributed by atoms with van der Waals surface area (Å²) in [5, 5.41) is 0. The van der Waals surface area contributed by atoms with E-state index in [1.165, 1.54) is 0 Å². The Balaban J connectivity index is 2.01. The molecule has 5 nitrogen and oxygen atoms in total. The van der Waals surface area contributed by atoms with E-state index in [2.05, 4.69) is 6.92 Å². The first-order chi connectivity index (χ1) is 11.7. The van der Waals surface area contributed by atoms with Crippen LogP contribution in [-0.2, 0) is 0 Å². The molecule has 2 aromatic rings. The molecular formula is C19H22O5. The summed E-state index contributed by atoms with van der Waals surface area (Å²) in [5.41, 5.74) is 2.15. The Morgan fingerprint density at radius 1 is 0.958 bits per heavy atom. The minimum Gasteiger partial charge on any atom is -0.493 e. The molecule has 1 aliphatic rings. The van der Waals surface area contributed by atoms with Crippen molar-refractivity contribution in [2.75, 3.05) is 27.6 Å². The second-order valence-corrected chi connectivity index (χ2v) is 5.51. The average molecular weight is 330 g/mol. The first-order valence-corrected chi connectivity index (χ1v) is 7.96. The molecule has 2 aromatic carbocycles. The third kappa shape index (κ3) is 2.94. The molecule has 0 amide bonds. The lowest BCUT2D eigenvalue weighted by Crippen LogP contribution is -2.03. The van der Waals surface area contributed by atoms with Crippen LogP contribution in [0.5, 0.6) is 28.7 Å². The van der Waals surface area contributed by atoms with Gasteiger partial charge < -0.3 is 23.7 Å². The number of fused-ring (bicyclic) bond motifs is 1. The van der Waals surface area contributed by atoms with Crippen LogP contribution in [0.25, 0.3) is 0 Å². The fraction of sp³-hybridized carbons (Fsp3) is 0.368. The van der Waals surface area contributed by atoms with Gasteiger partial charge in [0, 0.05) is 17.5 Å². The monoisotopic (exact) mass is 330 g/mol. The molecule has 0 unspecified atom stereocenters. The Bertz CT molecular complexity index is 726. The first kappa shape index (κ1) is 16.3. The minimum atomic E-state index is 0.0980. The third-order valence-electron chi connectivity index (χ3n) is 4.18. The van der Waals surface area contributed by atoms with Gasteiger partial charge in [-0.05, 0) is 30.7 Å². The van der Waals surface area contributed by atoms with E-state index < -0.39 is 0 Å². The number of methoxy groups -OCH3 is 2. The molecule has 0 fully saturated rings. The van der Waals surface area contributed by atoms with Crippen molar-refractivity contribution in [3.63, 3.8) is 0 Å². The number of hydrogen-bond donors (Lipinski definition) is 0. The van der Waals surface area contributed by atoms with Gasteiger partial charge in [-0.2, -0.15) is 0 Å². The number of hydrogen-bond acceptors (Lipinski definition) is 5. The zero-order valence-electron chi connectivity index (χ0n) is 14.4. The largest absolute Gasteiger partial charge is 0.493 e. The van der Waals surface area contributed by atoms with E-state index in [4.69, 9.17) is 23.7 Å². The van der Waals surface area contributed by atoms with Gasteiger partial charge in [0.25, 0.3) is 0 Å². The van der Waals surface area contributed by atoms with Crippen molar-refractivity contribution in [2.45, 2.75) is 19.8 Å². The summed E-state index contributed by atoms with van der Waals surface area (Å²) < 4.78 is 27.5. The van der Waals surface area contributed by atoms with Gasteiger partial charge in [-0.15, -0.1) is 0 Å². The van der Waals surface area contributed by atoms with E-state index in [0.29, 0.717) is 18.1 Å². The zero-order valence-corrected chi connectivity index (χ0v) is 14.4. The summed E-state index contributed by atoms with van der Waals surface area (Å²) in [7, 11) is 3.27. The van der Waals surface area contributed by atoms with Crippen molar-refractivity contribution in [1.82, 2.24) is 0 Å². The SMILES string of the molecule is CCOc1cc2c(cc1[C@H](C)c1ccc(OC)c(OC)c1)OCO2. The van der Waals surface area contributed by atoms with Gasteiger partial charge in [-0.25, -0.2) is 0 Å². The lowest BCUT2D eigenvalue weighted by Gasteiger charge is -2.19. The molecule has 0 aromatic heterocycles. The van der Waals surface area contributed by atoms with Gasteiger partial charge >= 0.3 is 0 Å². The molecular weight excluding hydrogens is 308 g/mol. The molecule has 0 bridgehead atoms. The highest BCUT2D eigenvalue weighted by molar-refractivity contribution is 5.55. The average Bonchev–Trinajstić information content (AvgIpc) is 3.07. The van der Waals surface area contributed by atoms with Crippen molar-refractivity contribution in [3.05, 3.63) is 41.5 Å². The van der Waals surface area contributed by atoms with Gasteiger partial charge in [-0.3, -0.25) is 0 Å². The Morgan fingerprint density at radius 3 is 2.33 bits per heavy atom. The molecule has 0 saturated carbocycles. The second kappa shape index (κ2) is 6.91. The molecule has 0 spiro atoms. The molecule has 1 aliphatic heterocycles. The maximum Gasteiger partial charge on any atom is 0.231 e. The van der Waals surface area contributed by atoms with Gasteiger partial charge in [0.1, 0.15) is 5.75 Å². The highest BCUT2D eigenvalue weighted by atomic mass is 16.7. The second-order valence-electron chi connectivity index (χ2n) is 5.51. The first-order valence-electron chi connectivity index (χ1n) is 7.96. The van der Waals surface area contributed by atoms with E-state index in [1.807, 2.05) is 37.3 Å². The lowest BCUT2D eigenvalue weighted by molar-refractivity contribution is 0.173. The van der Waals surface area contributed by atoms with Crippen molar-refractivity contribution in [1.29, 1.82) is 0 Å². The van der Waals surface area contributed by atoms with E-state index in [-0.39, 0.29) is 12.7 Å². The Hall–Kier alpha value is -2.56. The number of benzene rings is 2. The summed E-state index contributed by atoms with van der Waals surface area (Å²) in [6.07, 6.45) is 0. The molecule has 0 radical (unpaired) electrons. The highest BCUT2D eigenvalue weighted by Crippen LogP contribution is 2.43. The van der Waals surface area contributed by atoms with Crippen LogP contribution in [0.15, 0.2) is 30.3 Å². The van der Waals surface area contributed by atoms with Crippen LogP contribution in [0.1, 0.15) is 30.9 Å². The molecule has 0 N–H and O–H groups in total. The molecule has 3 rings (SSSR count). The van der Waals surface area contributed by atoms with Gasteiger partial charge in [0.05, 0.1) is 20.8 Å². The summed E-state index contributed by atoms with van der Waals surface area (Å²) in [5.74, 6) is 3.80. The van der Waals surface area contributed by atoms with Crippen molar-refractivity contribution in [3.8, 4) is 28.7 Å². The van der Waals surface area contributed by atoms with Crippen molar-refractivity contribution in [2.24, 2.45) is 0 Å². The van der Waals surface area contributed by atoms with Crippen LogP contribution in [0, 0.1) is 0 Å². The summed E-state index contributed by atoms with van der Waals surface area (Å²) in [6.45, 7) is 4.93. The fourth-order valence-corrected chi connectivity index (χ4v) is 2.86. The Labute approximate surface area is 142 Å². The van der Waals surface area contributed by atoms with E-state index in [9.17, 15) is 0 Å². The van der Waals surface area contributed by atoms with Crippen LogP contribution in [0.2, 0.25) is 0 Å². The summed E-state index contributed by atoms with van der Waals surface area (Å²) in [4.78, 5) is 0. The smallest absolute Gasteiger partial charge is 0.231 e. The standard InChI is InChI=1S/C19H22O5/c1-5-22-16-10-19-18(23-11-24-19)9-14(16)12(2)13-6-7-15(20-3)17(8-13)21-4/h6-10,12H,5,11H2,1-4H3/t12-/m1/s1. The molecule has 1 heterocycles. The molecule has 5 heteroatoms. The van der Waals surface area contributed by atoms with Crippen molar-refractivity contribution < 1.29 is 23.7 Å². The van der Waals surface area contributed by atoms with Crippen LogP contribution >= 0.6 is 0 Å². The predicted octanol–water partition coefficient (Wildman–Crippen LogP) is 3.98. The Morgan fingerprint density at radius 2 is 1.67 bits per heavy atom. The van der Waals surface area contributed by atoms with E-state index in [0.717, 1.165) is 28.4 Å². The van der Waals surface area contributed by atoms with Crippen LogP contribution in [-0.4, -0.2) is 27.6 Å². The summed E-state index contributed by atoms with van der Waals surface area (Å²) >= 11 is 0. The maximum absolute atomic E-state index is 5.81. The fourth-order valence-electron chi connectivity index (χ4n) is 2.86. The maximum atomic E-state index is 5.81. The number of rotatable bonds is 6.